The molecule has 0 unspecified atom stereocenters. The third-order valence-corrected chi connectivity index (χ3v) is 4.74. The summed E-state index contributed by atoms with van der Waals surface area (Å²) in [6, 6.07) is 18.7. The molecule has 2 aromatic carbocycles. The number of hydrogen-bond acceptors (Lipinski definition) is 4. The molecule has 0 saturated carbocycles. The number of carbonyl (C=O) groups is 1. The zero-order valence-electron chi connectivity index (χ0n) is 17.0. The van der Waals surface area contributed by atoms with Gasteiger partial charge in [-0.1, -0.05) is 18.2 Å². The number of hydrogen-bond donors (Lipinski definition) is 1. The molecule has 2 aromatic heterocycles. The minimum absolute atomic E-state index is 0.139. The molecule has 1 amide bonds. The van der Waals surface area contributed by atoms with Crippen molar-refractivity contribution in [3.8, 4) is 11.5 Å². The molecule has 1 N–H and O–H groups in total. The number of nitrogens with one attached hydrogen (secondary N) is 1. The lowest BCUT2D eigenvalue weighted by Gasteiger charge is -2.08. The van der Waals surface area contributed by atoms with Crippen LogP contribution in [0.4, 0.5) is 0 Å². The Morgan fingerprint density at radius 2 is 1.87 bits per heavy atom. The van der Waals surface area contributed by atoms with Gasteiger partial charge in [0.25, 0.3) is 5.91 Å². The fraction of sp³-hybridized carbons (Fsp3) is 0.167. The van der Waals surface area contributed by atoms with Gasteiger partial charge in [-0.3, -0.25) is 4.79 Å². The van der Waals surface area contributed by atoms with Crippen LogP contribution < -0.4 is 14.8 Å². The fourth-order valence-electron chi connectivity index (χ4n) is 3.15. The number of carbonyl (C=O) groups excluding carboxylic acids is 1. The van der Waals surface area contributed by atoms with Crippen molar-refractivity contribution >= 4 is 11.6 Å². The van der Waals surface area contributed by atoms with Crippen LogP contribution in [-0.4, -0.2) is 22.4 Å². The van der Waals surface area contributed by atoms with Crippen molar-refractivity contribution in [2.24, 2.45) is 0 Å². The number of nitrogens with zero attached hydrogens (tertiary/aromatic N) is 2. The second-order valence-corrected chi connectivity index (χ2v) is 7.05. The average molecular weight is 401 g/mol. The van der Waals surface area contributed by atoms with Gasteiger partial charge in [0.05, 0.1) is 12.8 Å². The third-order valence-electron chi connectivity index (χ3n) is 4.74. The van der Waals surface area contributed by atoms with Crippen molar-refractivity contribution in [2.75, 3.05) is 7.11 Å². The van der Waals surface area contributed by atoms with Crippen LogP contribution in [0.2, 0.25) is 0 Å². The highest BCUT2D eigenvalue weighted by Gasteiger charge is 2.07. The van der Waals surface area contributed by atoms with Crippen LogP contribution in [-0.2, 0) is 13.2 Å². The minimum Gasteiger partial charge on any atom is -0.497 e. The van der Waals surface area contributed by atoms with E-state index in [4.69, 9.17) is 9.47 Å². The number of imidazole rings is 1. The summed E-state index contributed by atoms with van der Waals surface area (Å²) in [7, 11) is 1.62. The molecule has 6 nitrogen and oxygen atoms in total. The van der Waals surface area contributed by atoms with E-state index in [1.165, 1.54) is 5.56 Å². The molecule has 6 heteroatoms. The zero-order valence-corrected chi connectivity index (χ0v) is 17.0. The molecule has 0 atom stereocenters. The average Bonchev–Trinajstić information content (AvgIpc) is 3.18. The summed E-state index contributed by atoms with van der Waals surface area (Å²) in [6.45, 7) is 2.84. The third kappa shape index (κ3) is 4.60. The first-order valence-electron chi connectivity index (χ1n) is 9.69. The van der Waals surface area contributed by atoms with E-state index in [0.29, 0.717) is 24.5 Å². The Labute approximate surface area is 175 Å². The number of amides is 1. The van der Waals surface area contributed by atoms with Crippen molar-refractivity contribution in [1.29, 1.82) is 0 Å². The second-order valence-electron chi connectivity index (χ2n) is 7.05. The van der Waals surface area contributed by atoms with Gasteiger partial charge in [0.15, 0.2) is 0 Å². The Kier molecular flexibility index (Phi) is 5.66. The Balaban J connectivity index is 1.33. The molecule has 0 fully saturated rings. The topological polar surface area (TPSA) is 64.9 Å². The number of pyridine rings is 1. The molecule has 0 saturated heterocycles. The summed E-state index contributed by atoms with van der Waals surface area (Å²) in [4.78, 5) is 16.9. The van der Waals surface area contributed by atoms with E-state index >= 15 is 0 Å². The standard InChI is InChI=1S/C24H23N3O3/c1-17-6-11-23-26-20(15-27(23)14-17)16-30-21-9-7-19(8-10-21)24(28)25-13-18-4-3-5-22(12-18)29-2/h3-12,14-15H,13,16H2,1-2H3,(H,25,28). The molecule has 30 heavy (non-hydrogen) atoms. The maximum atomic E-state index is 12.4. The van der Waals surface area contributed by atoms with Gasteiger partial charge in [-0.25, -0.2) is 4.98 Å². The molecule has 0 aliphatic heterocycles. The molecule has 0 bridgehead atoms. The van der Waals surface area contributed by atoms with Crippen LogP contribution in [0.25, 0.3) is 5.65 Å². The van der Waals surface area contributed by atoms with E-state index < -0.39 is 0 Å². The van der Waals surface area contributed by atoms with Crippen LogP contribution in [0.15, 0.2) is 73.1 Å². The van der Waals surface area contributed by atoms with Gasteiger partial charge < -0.3 is 19.2 Å². The maximum Gasteiger partial charge on any atom is 0.251 e. The lowest BCUT2D eigenvalue weighted by atomic mass is 10.2. The first kappa shape index (κ1) is 19.5. The largest absolute Gasteiger partial charge is 0.497 e. The number of rotatable bonds is 7. The Morgan fingerprint density at radius 3 is 2.67 bits per heavy atom. The van der Waals surface area contributed by atoms with E-state index in [9.17, 15) is 4.79 Å². The molecule has 4 aromatic rings. The number of ether oxygens (including phenoxy) is 2. The summed E-state index contributed by atoms with van der Waals surface area (Å²) >= 11 is 0. The highest BCUT2D eigenvalue weighted by Crippen LogP contribution is 2.16. The molecular formula is C24H23N3O3. The van der Waals surface area contributed by atoms with E-state index in [0.717, 1.165) is 22.7 Å². The number of aromatic nitrogens is 2. The predicted molar refractivity (Wildman–Crippen MR) is 115 cm³/mol. The van der Waals surface area contributed by atoms with Crippen LogP contribution in [0, 0.1) is 6.92 Å². The molecule has 0 aliphatic carbocycles. The van der Waals surface area contributed by atoms with Gasteiger partial charge in [0, 0.05) is 24.5 Å². The van der Waals surface area contributed by atoms with Crippen molar-refractivity contribution in [2.45, 2.75) is 20.1 Å². The summed E-state index contributed by atoms with van der Waals surface area (Å²) < 4.78 is 13.0. The van der Waals surface area contributed by atoms with Gasteiger partial charge in [-0.05, 0) is 60.5 Å². The van der Waals surface area contributed by atoms with Gasteiger partial charge in [0.1, 0.15) is 23.8 Å². The maximum absolute atomic E-state index is 12.4. The number of methoxy groups -OCH3 is 1. The smallest absolute Gasteiger partial charge is 0.251 e. The molecule has 152 valence electrons. The molecule has 2 heterocycles. The first-order valence-corrected chi connectivity index (χ1v) is 9.69. The van der Waals surface area contributed by atoms with E-state index in [-0.39, 0.29) is 5.91 Å². The molecule has 0 radical (unpaired) electrons. The number of benzene rings is 2. The van der Waals surface area contributed by atoms with Gasteiger partial charge >= 0.3 is 0 Å². The van der Waals surface area contributed by atoms with E-state index in [2.05, 4.69) is 10.3 Å². The zero-order chi connectivity index (χ0) is 20.9. The molecular weight excluding hydrogens is 378 g/mol. The SMILES string of the molecule is COc1cccc(CNC(=O)c2ccc(OCc3cn4cc(C)ccc4n3)cc2)c1. The quantitative estimate of drug-likeness (QED) is 0.505. The molecule has 0 spiro atoms. The Bertz CT molecular complexity index is 1170. The van der Waals surface area contributed by atoms with Crippen molar-refractivity contribution < 1.29 is 14.3 Å². The van der Waals surface area contributed by atoms with Gasteiger partial charge in [-0.2, -0.15) is 0 Å². The Morgan fingerprint density at radius 1 is 1.03 bits per heavy atom. The highest BCUT2D eigenvalue weighted by atomic mass is 16.5. The second kappa shape index (κ2) is 8.69. The van der Waals surface area contributed by atoms with Gasteiger partial charge in [-0.15, -0.1) is 0 Å². The van der Waals surface area contributed by atoms with Crippen LogP contribution in [0.5, 0.6) is 11.5 Å². The lowest BCUT2D eigenvalue weighted by molar-refractivity contribution is 0.0951. The number of aryl methyl sites for hydroxylation is 1. The monoisotopic (exact) mass is 401 g/mol. The van der Waals surface area contributed by atoms with Crippen LogP contribution in [0.1, 0.15) is 27.2 Å². The van der Waals surface area contributed by atoms with Gasteiger partial charge in [0.2, 0.25) is 0 Å². The van der Waals surface area contributed by atoms with Crippen molar-refractivity contribution in [1.82, 2.24) is 14.7 Å². The summed E-state index contributed by atoms with van der Waals surface area (Å²) in [5.41, 5.74) is 4.47. The van der Waals surface area contributed by atoms with E-state index in [1.807, 2.05) is 60.1 Å². The van der Waals surface area contributed by atoms with Crippen LogP contribution >= 0.6 is 0 Å². The van der Waals surface area contributed by atoms with Crippen molar-refractivity contribution in [3.63, 3.8) is 0 Å². The molecule has 4 rings (SSSR count). The predicted octanol–water partition coefficient (Wildman–Crippen LogP) is 4.16. The normalized spacial score (nSPS) is 10.7. The summed E-state index contributed by atoms with van der Waals surface area (Å²) in [6.07, 6.45) is 3.99. The Hall–Kier alpha value is -3.80. The first-order chi connectivity index (χ1) is 14.6. The summed E-state index contributed by atoms with van der Waals surface area (Å²) in [5.74, 6) is 1.32. The molecule has 0 aliphatic rings. The number of fused-ring (bicyclic) bond motifs is 1. The summed E-state index contributed by atoms with van der Waals surface area (Å²) in [5, 5.41) is 2.92. The lowest BCUT2D eigenvalue weighted by Crippen LogP contribution is -2.22. The van der Waals surface area contributed by atoms with Crippen molar-refractivity contribution in [3.05, 3.63) is 95.4 Å². The minimum atomic E-state index is -0.139. The highest BCUT2D eigenvalue weighted by molar-refractivity contribution is 5.94. The van der Waals surface area contributed by atoms with E-state index in [1.54, 1.807) is 31.4 Å². The fourth-order valence-corrected chi connectivity index (χ4v) is 3.15. The van der Waals surface area contributed by atoms with Crippen LogP contribution in [0.3, 0.4) is 0 Å².